The second-order valence-corrected chi connectivity index (χ2v) is 8.37. The van der Waals surface area contributed by atoms with Crippen LogP contribution in [0.2, 0.25) is 0 Å². The van der Waals surface area contributed by atoms with E-state index in [4.69, 9.17) is 21.7 Å². The molecule has 1 heterocycles. The number of amides is 1. The molecule has 1 unspecified atom stereocenters. The van der Waals surface area contributed by atoms with Crippen LogP contribution in [0.1, 0.15) is 18.9 Å². The van der Waals surface area contributed by atoms with E-state index in [0.29, 0.717) is 21.9 Å². The number of carboxylic acids is 1. The van der Waals surface area contributed by atoms with Crippen LogP contribution in [0.4, 0.5) is 11.4 Å². The molecule has 1 aliphatic rings. The minimum atomic E-state index is -1.08. The molecule has 172 valence electrons. The van der Waals surface area contributed by atoms with Gasteiger partial charge in [0.05, 0.1) is 22.6 Å². The number of rotatable bonds is 9. The van der Waals surface area contributed by atoms with E-state index in [1.54, 1.807) is 31.2 Å². The highest BCUT2D eigenvalue weighted by atomic mass is 32.2. The molecule has 2 aromatic rings. The first kappa shape index (κ1) is 24.0. The minimum absolute atomic E-state index is 0.0687. The Hall–Kier alpha value is -3.64. The molecular formula is C21H19N3O7S2. The van der Waals surface area contributed by atoms with Gasteiger partial charge in [0.1, 0.15) is 0 Å². The molecule has 1 atom stereocenters. The van der Waals surface area contributed by atoms with Crippen molar-refractivity contribution in [1.82, 2.24) is 5.01 Å². The Labute approximate surface area is 198 Å². The number of hydrogen-bond acceptors (Lipinski definition) is 9. The van der Waals surface area contributed by atoms with Gasteiger partial charge in [-0.15, -0.1) is 0 Å². The van der Waals surface area contributed by atoms with E-state index in [0.717, 1.165) is 11.8 Å². The van der Waals surface area contributed by atoms with Crippen molar-refractivity contribution in [3.05, 3.63) is 63.0 Å². The molecule has 33 heavy (non-hydrogen) atoms. The molecule has 1 saturated heterocycles. The maximum atomic E-state index is 12.8. The van der Waals surface area contributed by atoms with Gasteiger partial charge in [-0.3, -0.25) is 20.3 Å². The van der Waals surface area contributed by atoms with Crippen molar-refractivity contribution in [2.45, 2.75) is 19.4 Å². The number of carbonyl (C=O) groups excluding carboxylic acids is 1. The van der Waals surface area contributed by atoms with E-state index in [9.17, 15) is 24.8 Å². The third-order valence-electron chi connectivity index (χ3n) is 4.51. The van der Waals surface area contributed by atoms with Crippen molar-refractivity contribution in [3.63, 3.8) is 0 Å². The Bertz CT molecular complexity index is 1140. The van der Waals surface area contributed by atoms with Crippen LogP contribution in [-0.2, 0) is 9.59 Å². The molecule has 3 rings (SSSR count). The average molecular weight is 490 g/mol. The number of nitro groups is 1. The standard InChI is InChI=1S/C21H19N3O7S2/c1-3-15(20(26)27)31-16-9-4-12(10-17(16)30-2)11-18-19(25)23(21(32)33-18)22-13-5-7-14(8-6-13)24(28)29/h4-11,15,22H,3H2,1-2H3,(H,26,27)/b18-11+. The Kier molecular flexibility index (Phi) is 7.51. The highest BCUT2D eigenvalue weighted by Gasteiger charge is 2.32. The maximum absolute atomic E-state index is 12.8. The highest BCUT2D eigenvalue weighted by Crippen LogP contribution is 2.35. The molecular weight excluding hydrogens is 470 g/mol. The van der Waals surface area contributed by atoms with Crippen LogP contribution in [0.25, 0.3) is 6.08 Å². The van der Waals surface area contributed by atoms with Crippen molar-refractivity contribution in [2.24, 2.45) is 0 Å². The second-order valence-electron chi connectivity index (χ2n) is 6.70. The number of hydrazine groups is 1. The van der Waals surface area contributed by atoms with Gasteiger partial charge in [-0.05, 0) is 54.5 Å². The lowest BCUT2D eigenvalue weighted by Gasteiger charge is -2.17. The number of thiocarbonyl (C=S) groups is 1. The Morgan fingerprint density at radius 1 is 1.30 bits per heavy atom. The number of thioether (sulfide) groups is 1. The van der Waals surface area contributed by atoms with Crippen molar-refractivity contribution >= 4 is 57.6 Å². The number of nitro benzene ring substituents is 1. The fourth-order valence-corrected chi connectivity index (χ4v) is 4.01. The zero-order chi connectivity index (χ0) is 24.1. The normalized spacial score (nSPS) is 15.5. The van der Waals surface area contributed by atoms with E-state index in [1.165, 1.54) is 36.4 Å². The van der Waals surface area contributed by atoms with Crippen LogP contribution < -0.4 is 14.9 Å². The molecule has 1 fully saturated rings. The molecule has 1 aliphatic heterocycles. The summed E-state index contributed by atoms with van der Waals surface area (Å²) in [6, 6.07) is 10.5. The number of anilines is 1. The van der Waals surface area contributed by atoms with Crippen LogP contribution in [-0.4, -0.2) is 44.4 Å². The van der Waals surface area contributed by atoms with Crippen molar-refractivity contribution in [1.29, 1.82) is 0 Å². The van der Waals surface area contributed by atoms with Gasteiger partial charge in [-0.1, -0.05) is 24.8 Å². The van der Waals surface area contributed by atoms with Gasteiger partial charge in [0.2, 0.25) is 0 Å². The Morgan fingerprint density at radius 2 is 2.00 bits per heavy atom. The number of hydrogen-bond donors (Lipinski definition) is 2. The first-order chi connectivity index (χ1) is 15.7. The molecule has 10 nitrogen and oxygen atoms in total. The smallest absolute Gasteiger partial charge is 0.344 e. The maximum Gasteiger partial charge on any atom is 0.344 e. The number of carbonyl (C=O) groups is 2. The van der Waals surface area contributed by atoms with Crippen molar-refractivity contribution in [3.8, 4) is 11.5 Å². The SMILES string of the molecule is CCC(Oc1ccc(/C=C2/SC(=S)N(Nc3ccc([N+](=O)[O-])cc3)C2=O)cc1OC)C(=O)O. The summed E-state index contributed by atoms with van der Waals surface area (Å²) in [5.74, 6) is -0.869. The third kappa shape index (κ3) is 5.59. The first-order valence-electron chi connectivity index (χ1n) is 9.60. The topological polar surface area (TPSA) is 131 Å². The highest BCUT2D eigenvalue weighted by molar-refractivity contribution is 8.26. The van der Waals surface area contributed by atoms with Crippen molar-refractivity contribution < 1.29 is 29.1 Å². The quantitative estimate of drug-likeness (QED) is 0.230. The molecule has 0 spiro atoms. The van der Waals surface area contributed by atoms with Crippen LogP contribution in [0, 0.1) is 10.1 Å². The zero-order valence-electron chi connectivity index (χ0n) is 17.5. The summed E-state index contributed by atoms with van der Waals surface area (Å²) in [5.41, 5.74) is 3.87. The van der Waals surface area contributed by atoms with Gasteiger partial charge in [0.25, 0.3) is 11.6 Å². The van der Waals surface area contributed by atoms with E-state index in [1.807, 2.05) is 0 Å². The summed E-state index contributed by atoms with van der Waals surface area (Å²) < 4.78 is 11.1. The van der Waals surface area contributed by atoms with E-state index < -0.39 is 17.0 Å². The Balaban J connectivity index is 1.78. The fraction of sp³-hybridized carbons (Fsp3) is 0.190. The fourth-order valence-electron chi connectivity index (χ4n) is 2.84. The predicted molar refractivity (Wildman–Crippen MR) is 127 cm³/mol. The molecule has 2 aromatic carbocycles. The number of nitrogens with zero attached hydrogens (tertiary/aromatic N) is 2. The van der Waals surface area contributed by atoms with Gasteiger partial charge >= 0.3 is 5.97 Å². The number of methoxy groups -OCH3 is 1. The number of nitrogens with one attached hydrogen (secondary N) is 1. The largest absolute Gasteiger partial charge is 0.493 e. The molecule has 12 heteroatoms. The summed E-state index contributed by atoms with van der Waals surface area (Å²) in [5, 5.41) is 21.2. The second kappa shape index (κ2) is 10.3. The lowest BCUT2D eigenvalue weighted by atomic mass is 10.1. The van der Waals surface area contributed by atoms with Gasteiger partial charge in [-0.2, -0.15) is 0 Å². The summed E-state index contributed by atoms with van der Waals surface area (Å²) in [7, 11) is 1.43. The van der Waals surface area contributed by atoms with Gasteiger partial charge in [0, 0.05) is 12.1 Å². The van der Waals surface area contributed by atoms with E-state index in [2.05, 4.69) is 5.43 Å². The van der Waals surface area contributed by atoms with E-state index in [-0.39, 0.29) is 28.1 Å². The summed E-state index contributed by atoms with van der Waals surface area (Å²) >= 11 is 6.38. The first-order valence-corrected chi connectivity index (χ1v) is 10.8. The molecule has 1 amide bonds. The number of non-ortho nitro benzene ring substituents is 1. The van der Waals surface area contributed by atoms with Crippen LogP contribution in [0.5, 0.6) is 11.5 Å². The monoisotopic (exact) mass is 489 g/mol. The summed E-state index contributed by atoms with van der Waals surface area (Å²) in [6.07, 6.45) is 0.897. The molecule has 2 N–H and O–H groups in total. The third-order valence-corrected chi connectivity index (χ3v) is 5.82. The predicted octanol–water partition coefficient (Wildman–Crippen LogP) is 4.07. The van der Waals surface area contributed by atoms with Crippen LogP contribution in [0.15, 0.2) is 47.4 Å². The molecule has 0 aromatic heterocycles. The lowest BCUT2D eigenvalue weighted by Crippen LogP contribution is -2.33. The number of carboxylic acid groups (broad SMARTS) is 1. The average Bonchev–Trinajstić information content (AvgIpc) is 3.05. The van der Waals surface area contributed by atoms with Gasteiger partial charge in [0.15, 0.2) is 21.9 Å². The van der Waals surface area contributed by atoms with Crippen LogP contribution in [0.3, 0.4) is 0 Å². The van der Waals surface area contributed by atoms with Crippen LogP contribution >= 0.6 is 24.0 Å². The molecule has 0 saturated carbocycles. The summed E-state index contributed by atoms with van der Waals surface area (Å²) in [4.78, 5) is 34.7. The van der Waals surface area contributed by atoms with Gasteiger partial charge < -0.3 is 14.6 Å². The van der Waals surface area contributed by atoms with E-state index >= 15 is 0 Å². The minimum Gasteiger partial charge on any atom is -0.493 e. The number of benzene rings is 2. The number of ether oxygens (including phenoxy) is 2. The van der Waals surface area contributed by atoms with Crippen molar-refractivity contribution in [2.75, 3.05) is 12.5 Å². The Morgan fingerprint density at radius 3 is 2.58 bits per heavy atom. The molecule has 0 bridgehead atoms. The zero-order valence-corrected chi connectivity index (χ0v) is 19.1. The molecule has 0 radical (unpaired) electrons. The molecule has 0 aliphatic carbocycles. The summed E-state index contributed by atoms with van der Waals surface area (Å²) in [6.45, 7) is 1.70. The van der Waals surface area contributed by atoms with Gasteiger partial charge in [-0.25, -0.2) is 9.80 Å². The lowest BCUT2D eigenvalue weighted by molar-refractivity contribution is -0.384. The number of aliphatic carboxylic acids is 1.